The molecule has 0 radical (unpaired) electrons. The third kappa shape index (κ3) is 4.64. The topological polar surface area (TPSA) is 0 Å². The molecule has 0 heterocycles. The van der Waals surface area contributed by atoms with E-state index in [-0.39, 0.29) is 5.25 Å². The van der Waals surface area contributed by atoms with Crippen LogP contribution in [-0.2, 0) is 0 Å². The van der Waals surface area contributed by atoms with Crippen LogP contribution in [0.5, 0.6) is 0 Å². The number of hydrogen-bond donors (Lipinski definition) is 0. The minimum Gasteiger partial charge on any atom is -0.105 e. The zero-order chi connectivity index (χ0) is 20.9. The lowest BCUT2D eigenvalue weighted by molar-refractivity contribution is 1.29. The molecule has 5 rings (SSSR count). The van der Waals surface area contributed by atoms with E-state index in [2.05, 4.69) is 120 Å². The Bertz CT molecular complexity index is 1390. The Balaban J connectivity index is 1.53. The highest BCUT2D eigenvalue weighted by Crippen LogP contribution is 2.39. The van der Waals surface area contributed by atoms with E-state index in [1.54, 1.807) is 11.8 Å². The van der Waals surface area contributed by atoms with Gasteiger partial charge in [-0.15, -0.1) is 11.8 Å². The van der Waals surface area contributed by atoms with Crippen LogP contribution in [-0.4, -0.2) is 0 Å². The zero-order valence-electron chi connectivity index (χ0n) is 16.9. The first-order valence-corrected chi connectivity index (χ1v) is 11.9. The molecule has 0 N–H and O–H groups in total. The molecule has 0 spiro atoms. The minimum absolute atomic E-state index is 0.0449. The summed E-state index contributed by atoms with van der Waals surface area (Å²) in [5, 5.41) is 8.45. The highest BCUT2D eigenvalue weighted by Gasteiger charge is 2.14. The van der Waals surface area contributed by atoms with Crippen molar-refractivity contribution in [1.29, 1.82) is 0 Å². The van der Waals surface area contributed by atoms with Gasteiger partial charge in [0.15, 0.2) is 0 Å². The van der Waals surface area contributed by atoms with Gasteiger partial charge in [0.05, 0.1) is 5.25 Å². The van der Waals surface area contributed by atoms with E-state index < -0.39 is 0 Å². The average molecular weight is 433 g/mol. The van der Waals surface area contributed by atoms with Gasteiger partial charge in [-0.3, -0.25) is 0 Å². The second-order valence-corrected chi connectivity index (χ2v) is 9.29. The van der Waals surface area contributed by atoms with Crippen LogP contribution in [0, 0.1) is 11.2 Å². The Labute approximate surface area is 191 Å². The Morgan fingerprint density at radius 1 is 0.548 bits per heavy atom. The summed E-state index contributed by atoms with van der Waals surface area (Å²) in [7, 11) is 0. The molecule has 148 valence electrons. The number of fused-ring (bicyclic) bond motifs is 2. The minimum atomic E-state index is 0.0449. The summed E-state index contributed by atoms with van der Waals surface area (Å²) in [6, 6.07) is 40.6. The van der Waals surface area contributed by atoms with Gasteiger partial charge in [0.1, 0.15) is 0 Å². The summed E-state index contributed by atoms with van der Waals surface area (Å²) < 4.78 is 0. The number of thioether (sulfide) groups is 2. The van der Waals surface area contributed by atoms with Gasteiger partial charge in [-0.2, -0.15) is 0 Å². The molecular weight excluding hydrogens is 412 g/mol. The third-order valence-electron chi connectivity index (χ3n) is 5.18. The monoisotopic (exact) mass is 432 g/mol. The smallest absolute Gasteiger partial charge is 0.0968 e. The lowest BCUT2D eigenvalue weighted by Crippen LogP contribution is -1.93. The first-order valence-electron chi connectivity index (χ1n) is 10.2. The van der Waals surface area contributed by atoms with Gasteiger partial charge >= 0.3 is 0 Å². The van der Waals surface area contributed by atoms with E-state index in [0.717, 1.165) is 0 Å². The van der Waals surface area contributed by atoms with Crippen molar-refractivity contribution in [2.75, 3.05) is 0 Å². The third-order valence-corrected chi connectivity index (χ3v) is 7.04. The molecular formula is C29H20S2. The lowest BCUT2D eigenvalue weighted by Gasteiger charge is -2.14. The fourth-order valence-electron chi connectivity index (χ4n) is 3.66. The van der Waals surface area contributed by atoms with Crippen LogP contribution in [0.15, 0.2) is 125 Å². The van der Waals surface area contributed by atoms with Crippen LogP contribution in [0.4, 0.5) is 0 Å². The summed E-state index contributed by atoms with van der Waals surface area (Å²) in [5.41, 5.74) is 1.26. The van der Waals surface area contributed by atoms with Crippen molar-refractivity contribution < 1.29 is 0 Å². The molecule has 5 aromatic carbocycles. The Morgan fingerprint density at radius 2 is 1.26 bits per heavy atom. The van der Waals surface area contributed by atoms with Gasteiger partial charge < -0.3 is 0 Å². The van der Waals surface area contributed by atoms with Crippen LogP contribution in [0.25, 0.3) is 21.5 Å². The molecule has 0 nitrogen and oxygen atoms in total. The van der Waals surface area contributed by atoms with E-state index in [1.165, 1.54) is 36.9 Å². The van der Waals surface area contributed by atoms with Crippen LogP contribution in [0.2, 0.25) is 0 Å². The van der Waals surface area contributed by atoms with Crippen molar-refractivity contribution in [2.24, 2.45) is 0 Å². The Hall–Kier alpha value is -3.12. The summed E-state index contributed by atoms with van der Waals surface area (Å²) in [6.07, 6.45) is 0. The summed E-state index contributed by atoms with van der Waals surface area (Å²) in [5.74, 6) is 3.55. The largest absolute Gasteiger partial charge is 0.105 e. The number of rotatable bonds is 4. The Kier molecular flexibility index (Phi) is 5.98. The molecule has 2 heteroatoms. The predicted molar refractivity (Wildman–Crippen MR) is 137 cm³/mol. The Morgan fingerprint density at radius 3 is 2.13 bits per heavy atom. The standard InChI is InChI=1S/C29H20S2/c1-2-13-25(14-3-1)30-20-19-29(28-16-8-12-23-10-6-7-15-27(23)28)31-26-18-17-22-9-4-5-11-24(22)21-26/h1-18,21,29H. The first-order chi connectivity index (χ1) is 15.4. The average Bonchev–Trinajstić information content (AvgIpc) is 2.84. The van der Waals surface area contributed by atoms with E-state index in [4.69, 9.17) is 0 Å². The molecule has 31 heavy (non-hydrogen) atoms. The summed E-state index contributed by atoms with van der Waals surface area (Å²) in [4.78, 5) is 2.40. The number of hydrogen-bond acceptors (Lipinski definition) is 2. The molecule has 0 aliphatic heterocycles. The van der Waals surface area contributed by atoms with E-state index >= 15 is 0 Å². The molecule has 0 aromatic heterocycles. The maximum atomic E-state index is 3.55. The van der Waals surface area contributed by atoms with E-state index in [9.17, 15) is 0 Å². The maximum absolute atomic E-state index is 3.55. The van der Waals surface area contributed by atoms with Crippen molar-refractivity contribution >= 4 is 45.1 Å². The van der Waals surface area contributed by atoms with Crippen LogP contribution < -0.4 is 0 Å². The van der Waals surface area contributed by atoms with Crippen molar-refractivity contribution in [2.45, 2.75) is 15.0 Å². The molecule has 0 amide bonds. The zero-order valence-corrected chi connectivity index (χ0v) is 18.5. The van der Waals surface area contributed by atoms with Gasteiger partial charge in [-0.05, 0) is 68.4 Å². The fourth-order valence-corrected chi connectivity index (χ4v) is 5.38. The maximum Gasteiger partial charge on any atom is 0.0968 e. The second-order valence-electron chi connectivity index (χ2n) is 7.24. The molecule has 0 aliphatic rings. The second kappa shape index (κ2) is 9.35. The molecule has 5 aromatic rings. The first kappa shape index (κ1) is 19.8. The molecule has 1 atom stereocenters. The van der Waals surface area contributed by atoms with Gasteiger partial charge in [0.25, 0.3) is 0 Å². The summed E-state index contributed by atoms with van der Waals surface area (Å²) in [6.45, 7) is 0. The van der Waals surface area contributed by atoms with Crippen molar-refractivity contribution in [3.63, 3.8) is 0 Å². The van der Waals surface area contributed by atoms with Crippen LogP contribution >= 0.6 is 23.5 Å². The quantitative estimate of drug-likeness (QED) is 0.206. The van der Waals surface area contributed by atoms with E-state index in [0.29, 0.717) is 0 Å². The predicted octanol–water partition coefficient (Wildman–Crippen LogP) is 8.58. The molecule has 0 fully saturated rings. The highest BCUT2D eigenvalue weighted by atomic mass is 32.2. The highest BCUT2D eigenvalue weighted by molar-refractivity contribution is 8.04. The van der Waals surface area contributed by atoms with Gasteiger partial charge in [0, 0.05) is 9.79 Å². The number of benzene rings is 5. The van der Waals surface area contributed by atoms with E-state index in [1.807, 2.05) is 17.8 Å². The summed E-state index contributed by atoms with van der Waals surface area (Å²) >= 11 is 3.41. The van der Waals surface area contributed by atoms with Crippen molar-refractivity contribution in [3.05, 3.63) is 121 Å². The van der Waals surface area contributed by atoms with Gasteiger partial charge in [-0.1, -0.05) is 96.9 Å². The molecule has 0 saturated carbocycles. The van der Waals surface area contributed by atoms with Crippen molar-refractivity contribution in [1.82, 2.24) is 0 Å². The van der Waals surface area contributed by atoms with Gasteiger partial charge in [0.2, 0.25) is 0 Å². The molecule has 0 aliphatic carbocycles. The van der Waals surface area contributed by atoms with Gasteiger partial charge in [-0.25, -0.2) is 0 Å². The SMILES string of the molecule is C(#CC(Sc1ccc2ccccc2c1)c1cccc2ccccc12)Sc1ccccc1. The molecule has 0 bridgehead atoms. The van der Waals surface area contributed by atoms with Crippen molar-refractivity contribution in [3.8, 4) is 11.2 Å². The lowest BCUT2D eigenvalue weighted by atomic mass is 10.0. The molecule has 0 saturated heterocycles. The fraction of sp³-hybridized carbons (Fsp3) is 0.0345. The normalized spacial score (nSPS) is 11.7. The molecule has 1 unspecified atom stereocenters. The van der Waals surface area contributed by atoms with Crippen LogP contribution in [0.3, 0.4) is 0 Å². The van der Waals surface area contributed by atoms with Crippen LogP contribution in [0.1, 0.15) is 10.8 Å².